The van der Waals surface area contributed by atoms with E-state index in [4.69, 9.17) is 4.74 Å². The Labute approximate surface area is 109 Å². The van der Waals surface area contributed by atoms with Crippen LogP contribution in [0.25, 0.3) is 0 Å². The number of aryl methyl sites for hydroxylation is 1. The Morgan fingerprint density at radius 3 is 2.89 bits per heavy atom. The van der Waals surface area contributed by atoms with Crippen LogP contribution in [0.5, 0.6) is 5.75 Å². The second kappa shape index (κ2) is 5.31. The molecule has 0 spiro atoms. The van der Waals surface area contributed by atoms with Crippen molar-refractivity contribution in [1.82, 2.24) is 0 Å². The van der Waals surface area contributed by atoms with E-state index in [0.717, 1.165) is 43.1 Å². The van der Waals surface area contributed by atoms with E-state index in [0.29, 0.717) is 0 Å². The Morgan fingerprint density at radius 2 is 2.06 bits per heavy atom. The second-order valence-electron chi connectivity index (χ2n) is 5.72. The Hall–Kier alpha value is -1.02. The van der Waals surface area contributed by atoms with Crippen LogP contribution < -0.4 is 4.74 Å². The predicted molar refractivity (Wildman–Crippen MR) is 71.8 cm³/mol. The molecule has 0 saturated heterocycles. The molecule has 0 aromatic heterocycles. The summed E-state index contributed by atoms with van der Waals surface area (Å²) in [5.41, 5.74) is 2.34. The lowest BCUT2D eigenvalue weighted by molar-refractivity contribution is 0.144. The van der Waals surface area contributed by atoms with Crippen LogP contribution in [0.1, 0.15) is 55.8 Å². The summed E-state index contributed by atoms with van der Waals surface area (Å²) in [4.78, 5) is 0. The molecule has 3 rings (SSSR count). The highest BCUT2D eigenvalue weighted by molar-refractivity contribution is 5.39. The molecular formula is C16H22O2. The standard InChI is InChI=1S/C16H22O2/c17-15(10-12-4-1-2-5-12)13-7-8-16-14(11-13)6-3-9-18-16/h7-8,11-12,15,17H,1-6,9-10H2. The van der Waals surface area contributed by atoms with Crippen LogP contribution in [0.3, 0.4) is 0 Å². The van der Waals surface area contributed by atoms with Gasteiger partial charge in [0.15, 0.2) is 0 Å². The van der Waals surface area contributed by atoms with Gasteiger partial charge in [-0.1, -0.05) is 31.7 Å². The minimum absolute atomic E-state index is 0.291. The van der Waals surface area contributed by atoms with Gasteiger partial charge < -0.3 is 9.84 Å². The first-order valence-electron chi connectivity index (χ1n) is 7.26. The van der Waals surface area contributed by atoms with Gasteiger partial charge in [-0.2, -0.15) is 0 Å². The molecule has 1 aliphatic carbocycles. The van der Waals surface area contributed by atoms with Crippen LogP contribution in [0, 0.1) is 5.92 Å². The molecule has 1 aromatic carbocycles. The average molecular weight is 246 g/mol. The van der Waals surface area contributed by atoms with E-state index >= 15 is 0 Å². The fourth-order valence-corrected chi connectivity index (χ4v) is 3.29. The van der Waals surface area contributed by atoms with E-state index in [1.807, 2.05) is 12.1 Å². The highest BCUT2D eigenvalue weighted by atomic mass is 16.5. The minimum atomic E-state index is -0.291. The third kappa shape index (κ3) is 2.54. The van der Waals surface area contributed by atoms with Gasteiger partial charge in [-0.15, -0.1) is 0 Å². The maximum atomic E-state index is 10.3. The quantitative estimate of drug-likeness (QED) is 0.882. The zero-order valence-corrected chi connectivity index (χ0v) is 10.9. The molecule has 0 bridgehead atoms. The van der Waals surface area contributed by atoms with Gasteiger partial charge >= 0.3 is 0 Å². The summed E-state index contributed by atoms with van der Waals surface area (Å²) in [6.45, 7) is 0.830. The number of aliphatic hydroxyl groups excluding tert-OH is 1. The largest absolute Gasteiger partial charge is 0.493 e. The van der Waals surface area contributed by atoms with Gasteiger partial charge in [-0.05, 0) is 48.4 Å². The molecule has 1 N–H and O–H groups in total. The molecule has 2 heteroatoms. The topological polar surface area (TPSA) is 29.5 Å². The summed E-state index contributed by atoms with van der Waals surface area (Å²) in [7, 11) is 0. The molecule has 98 valence electrons. The lowest BCUT2D eigenvalue weighted by Gasteiger charge is -2.20. The number of hydrogen-bond acceptors (Lipinski definition) is 2. The SMILES string of the molecule is OC(CC1CCCC1)c1ccc2c(c1)CCCO2. The van der Waals surface area contributed by atoms with Crippen LogP contribution in [-0.2, 0) is 6.42 Å². The van der Waals surface area contributed by atoms with Crippen molar-refractivity contribution in [1.29, 1.82) is 0 Å². The molecule has 1 saturated carbocycles. The molecule has 0 amide bonds. The first-order valence-corrected chi connectivity index (χ1v) is 7.26. The fourth-order valence-electron chi connectivity index (χ4n) is 3.29. The van der Waals surface area contributed by atoms with Gasteiger partial charge in [0.2, 0.25) is 0 Å². The molecule has 1 aliphatic heterocycles. The fraction of sp³-hybridized carbons (Fsp3) is 0.625. The van der Waals surface area contributed by atoms with Crippen LogP contribution >= 0.6 is 0 Å². The predicted octanol–water partition coefficient (Wildman–Crippen LogP) is 3.63. The van der Waals surface area contributed by atoms with Crippen molar-refractivity contribution in [2.75, 3.05) is 6.61 Å². The van der Waals surface area contributed by atoms with Gasteiger partial charge in [-0.25, -0.2) is 0 Å². The summed E-state index contributed by atoms with van der Waals surface area (Å²) >= 11 is 0. The minimum Gasteiger partial charge on any atom is -0.493 e. The van der Waals surface area contributed by atoms with Gasteiger partial charge in [0, 0.05) is 0 Å². The zero-order valence-electron chi connectivity index (χ0n) is 10.9. The average Bonchev–Trinajstić information content (AvgIpc) is 2.91. The normalized spacial score (nSPS) is 21.4. The molecule has 1 atom stereocenters. The van der Waals surface area contributed by atoms with Crippen molar-refractivity contribution in [2.45, 2.75) is 51.0 Å². The van der Waals surface area contributed by atoms with Crippen LogP contribution in [0.4, 0.5) is 0 Å². The second-order valence-corrected chi connectivity index (χ2v) is 5.72. The monoisotopic (exact) mass is 246 g/mol. The summed E-state index contributed by atoms with van der Waals surface area (Å²) < 4.78 is 5.61. The van der Waals surface area contributed by atoms with E-state index in [1.54, 1.807) is 0 Å². The Morgan fingerprint density at radius 1 is 1.22 bits per heavy atom. The molecule has 0 radical (unpaired) electrons. The number of fused-ring (bicyclic) bond motifs is 1. The smallest absolute Gasteiger partial charge is 0.122 e. The van der Waals surface area contributed by atoms with E-state index in [-0.39, 0.29) is 6.10 Å². The van der Waals surface area contributed by atoms with Gasteiger partial charge in [0.25, 0.3) is 0 Å². The van der Waals surface area contributed by atoms with E-state index in [2.05, 4.69) is 6.07 Å². The Bertz CT molecular complexity index is 408. The maximum absolute atomic E-state index is 10.3. The van der Waals surface area contributed by atoms with Crippen LogP contribution in [-0.4, -0.2) is 11.7 Å². The van der Waals surface area contributed by atoms with E-state index in [9.17, 15) is 5.11 Å². The maximum Gasteiger partial charge on any atom is 0.122 e. The number of aliphatic hydroxyl groups is 1. The molecular weight excluding hydrogens is 224 g/mol. The number of rotatable bonds is 3. The van der Waals surface area contributed by atoms with Crippen molar-refractivity contribution in [3.05, 3.63) is 29.3 Å². The molecule has 18 heavy (non-hydrogen) atoms. The first kappa shape index (κ1) is 12.0. The van der Waals surface area contributed by atoms with Gasteiger partial charge in [0.1, 0.15) is 5.75 Å². The van der Waals surface area contributed by atoms with Gasteiger partial charge in [0.05, 0.1) is 12.7 Å². The molecule has 2 aliphatic rings. The van der Waals surface area contributed by atoms with E-state index < -0.39 is 0 Å². The molecule has 1 heterocycles. The highest BCUT2D eigenvalue weighted by Crippen LogP contribution is 2.34. The summed E-state index contributed by atoms with van der Waals surface area (Å²) in [6, 6.07) is 6.21. The Kier molecular flexibility index (Phi) is 3.55. The third-order valence-corrected chi connectivity index (χ3v) is 4.35. The van der Waals surface area contributed by atoms with Crippen LogP contribution in [0.15, 0.2) is 18.2 Å². The van der Waals surface area contributed by atoms with Crippen molar-refractivity contribution < 1.29 is 9.84 Å². The Balaban J connectivity index is 1.70. The van der Waals surface area contributed by atoms with E-state index in [1.165, 1.54) is 31.2 Å². The van der Waals surface area contributed by atoms with Crippen LogP contribution in [0.2, 0.25) is 0 Å². The highest BCUT2D eigenvalue weighted by Gasteiger charge is 2.21. The van der Waals surface area contributed by atoms with Gasteiger partial charge in [-0.3, -0.25) is 0 Å². The molecule has 1 aromatic rings. The van der Waals surface area contributed by atoms with Crippen molar-refractivity contribution in [3.8, 4) is 5.75 Å². The third-order valence-electron chi connectivity index (χ3n) is 4.35. The summed E-state index contributed by atoms with van der Waals surface area (Å²) in [5, 5.41) is 10.3. The van der Waals surface area contributed by atoms with Crippen molar-refractivity contribution in [2.24, 2.45) is 5.92 Å². The lowest BCUT2D eigenvalue weighted by atomic mass is 9.93. The first-order chi connectivity index (χ1) is 8.83. The lowest BCUT2D eigenvalue weighted by Crippen LogP contribution is -2.10. The molecule has 1 unspecified atom stereocenters. The summed E-state index contributed by atoms with van der Waals surface area (Å²) in [5.74, 6) is 1.74. The number of ether oxygens (including phenoxy) is 1. The molecule has 2 nitrogen and oxygen atoms in total. The summed E-state index contributed by atoms with van der Waals surface area (Å²) in [6.07, 6.45) is 8.09. The number of benzene rings is 1. The van der Waals surface area contributed by atoms with Crippen molar-refractivity contribution >= 4 is 0 Å². The molecule has 1 fully saturated rings. The number of hydrogen-bond donors (Lipinski definition) is 1. The van der Waals surface area contributed by atoms with Crippen molar-refractivity contribution in [3.63, 3.8) is 0 Å². The zero-order chi connectivity index (χ0) is 12.4.